The van der Waals surface area contributed by atoms with Gasteiger partial charge in [0, 0.05) is 43.3 Å². The van der Waals surface area contributed by atoms with Crippen LogP contribution in [0, 0.1) is 11.5 Å². The predicted molar refractivity (Wildman–Crippen MR) is 104 cm³/mol. The van der Waals surface area contributed by atoms with Crippen LogP contribution >= 0.6 is 0 Å². The third-order valence-electron chi connectivity index (χ3n) is 5.61. The lowest BCUT2D eigenvalue weighted by Gasteiger charge is -2.44. The topological polar surface area (TPSA) is 92.2 Å². The van der Waals surface area contributed by atoms with Crippen molar-refractivity contribution in [1.29, 1.82) is 5.26 Å². The minimum atomic E-state index is -0.275. The number of nitriles is 1. The molecule has 2 aliphatic heterocycles. The molecule has 0 radical (unpaired) electrons. The minimum Gasteiger partial charge on any atom is -0.307 e. The van der Waals surface area contributed by atoms with Gasteiger partial charge in [-0.3, -0.25) is 19.7 Å². The van der Waals surface area contributed by atoms with Gasteiger partial charge in [0.1, 0.15) is 11.9 Å². The van der Waals surface area contributed by atoms with Crippen LogP contribution in [-0.4, -0.2) is 69.7 Å². The number of fused-ring (bicyclic) bond motifs is 2. The number of hydrogen-bond acceptors (Lipinski definition) is 6. The molecule has 2 saturated heterocycles. The van der Waals surface area contributed by atoms with Gasteiger partial charge in [0.25, 0.3) is 0 Å². The number of aromatic amines is 1. The molecule has 140 valence electrons. The number of carbonyl (C=O) groups is 1. The lowest BCUT2D eigenvalue weighted by Crippen LogP contribution is -2.64. The molecule has 0 saturated carbocycles. The van der Waals surface area contributed by atoms with E-state index in [0.717, 1.165) is 35.1 Å². The molecule has 28 heavy (non-hydrogen) atoms. The van der Waals surface area contributed by atoms with E-state index in [0.29, 0.717) is 25.5 Å². The fraction of sp³-hybridized carbons (Fsp3) is 0.300. The molecule has 2 fully saturated rings. The first-order valence-electron chi connectivity index (χ1n) is 9.33. The summed E-state index contributed by atoms with van der Waals surface area (Å²) in [5.41, 5.74) is 3.01. The van der Waals surface area contributed by atoms with Gasteiger partial charge in [-0.05, 0) is 23.8 Å². The second kappa shape index (κ2) is 6.62. The van der Waals surface area contributed by atoms with Crippen LogP contribution < -0.4 is 4.90 Å². The fourth-order valence-electron chi connectivity index (χ4n) is 4.08. The van der Waals surface area contributed by atoms with E-state index < -0.39 is 0 Å². The number of H-pyrrole nitrogens is 1. The number of hydrogen-bond donors (Lipinski definition) is 1. The summed E-state index contributed by atoms with van der Waals surface area (Å²) in [4.78, 5) is 23.2. The zero-order chi connectivity index (χ0) is 19.1. The quantitative estimate of drug-likeness (QED) is 0.684. The highest BCUT2D eigenvalue weighted by Crippen LogP contribution is 2.29. The second-order valence-corrected chi connectivity index (χ2v) is 7.13. The van der Waals surface area contributed by atoms with E-state index in [2.05, 4.69) is 26.3 Å². The lowest BCUT2D eigenvalue weighted by atomic mass is 10.0. The Morgan fingerprint density at radius 2 is 2.00 bits per heavy atom. The maximum absolute atomic E-state index is 13.0. The maximum Gasteiger partial charge on any atom is 0.247 e. The first-order chi connectivity index (χ1) is 13.7. The van der Waals surface area contributed by atoms with E-state index in [4.69, 9.17) is 5.26 Å². The van der Waals surface area contributed by atoms with Crippen molar-refractivity contribution in [1.82, 2.24) is 25.0 Å². The van der Waals surface area contributed by atoms with Gasteiger partial charge < -0.3 is 4.90 Å². The molecular weight excluding hydrogens is 354 g/mol. The molecule has 2 aromatic heterocycles. The summed E-state index contributed by atoms with van der Waals surface area (Å²) >= 11 is 0. The van der Waals surface area contributed by atoms with Crippen LogP contribution in [0.5, 0.6) is 0 Å². The predicted octanol–water partition coefficient (Wildman–Crippen LogP) is 1.44. The molecule has 1 atom stereocenters. The summed E-state index contributed by atoms with van der Waals surface area (Å²) in [6.07, 6.45) is 5.78. The lowest BCUT2D eigenvalue weighted by molar-refractivity contribution is -0.127. The van der Waals surface area contributed by atoms with Gasteiger partial charge in [0.15, 0.2) is 6.19 Å². The first kappa shape index (κ1) is 16.7. The van der Waals surface area contributed by atoms with Crippen molar-refractivity contribution in [2.75, 3.05) is 37.6 Å². The van der Waals surface area contributed by atoms with Crippen LogP contribution in [0.3, 0.4) is 0 Å². The molecule has 8 nitrogen and oxygen atoms in total. The number of nitrogens with zero attached hydrogens (tertiary/aromatic N) is 6. The Kier molecular flexibility index (Phi) is 3.95. The second-order valence-electron chi connectivity index (χ2n) is 7.13. The zero-order valence-corrected chi connectivity index (χ0v) is 15.2. The van der Waals surface area contributed by atoms with Crippen LogP contribution in [0.15, 0.2) is 42.7 Å². The average Bonchev–Trinajstić information content (AvgIpc) is 3.23. The Bertz CT molecular complexity index is 1070. The van der Waals surface area contributed by atoms with Gasteiger partial charge in [-0.15, -0.1) is 0 Å². The van der Waals surface area contributed by atoms with Crippen molar-refractivity contribution in [3.05, 3.63) is 42.7 Å². The Balaban J connectivity index is 1.41. The minimum absolute atomic E-state index is 0.0170. The average molecular weight is 373 g/mol. The molecule has 0 spiro atoms. The third kappa shape index (κ3) is 2.68. The smallest absolute Gasteiger partial charge is 0.247 e. The number of carbonyl (C=O) groups excluding carboxylic acids is 1. The molecule has 0 aliphatic carbocycles. The molecule has 2 aliphatic rings. The summed E-state index contributed by atoms with van der Waals surface area (Å²) < 4.78 is 0. The standard InChI is InChI=1S/C20H19N7O/c21-13-25-6-7-26-8-9-27(20(28)18(26)12-25)19-5-4-14(10-22-19)15-2-1-3-17-16(15)11-23-24-17/h1-5,10-11,18H,6-9,12H2,(H,23,24). The van der Waals surface area contributed by atoms with E-state index in [1.54, 1.807) is 16.0 Å². The van der Waals surface area contributed by atoms with Crippen molar-refractivity contribution in [3.63, 3.8) is 0 Å². The highest BCUT2D eigenvalue weighted by Gasteiger charge is 2.39. The monoisotopic (exact) mass is 373 g/mol. The van der Waals surface area contributed by atoms with Crippen LogP contribution in [0.2, 0.25) is 0 Å². The number of aromatic nitrogens is 3. The number of rotatable bonds is 2. The van der Waals surface area contributed by atoms with Crippen LogP contribution in [0.25, 0.3) is 22.0 Å². The molecule has 1 unspecified atom stereocenters. The molecule has 1 aromatic carbocycles. The Morgan fingerprint density at radius 1 is 1.11 bits per heavy atom. The summed E-state index contributed by atoms with van der Waals surface area (Å²) in [7, 11) is 0. The van der Waals surface area contributed by atoms with Crippen molar-refractivity contribution in [2.45, 2.75) is 6.04 Å². The highest BCUT2D eigenvalue weighted by atomic mass is 16.2. The number of benzene rings is 1. The highest BCUT2D eigenvalue weighted by molar-refractivity contribution is 5.98. The summed E-state index contributed by atoms with van der Waals surface area (Å²) in [5.74, 6) is 0.672. The first-order valence-corrected chi connectivity index (χ1v) is 9.33. The molecule has 8 heteroatoms. The van der Waals surface area contributed by atoms with Gasteiger partial charge >= 0.3 is 0 Å². The van der Waals surface area contributed by atoms with E-state index in [1.807, 2.05) is 36.5 Å². The van der Waals surface area contributed by atoms with Gasteiger partial charge in [-0.1, -0.05) is 12.1 Å². The maximum atomic E-state index is 13.0. The van der Waals surface area contributed by atoms with Crippen LogP contribution in [-0.2, 0) is 4.79 Å². The van der Waals surface area contributed by atoms with Gasteiger partial charge in [0.05, 0.1) is 18.3 Å². The third-order valence-corrected chi connectivity index (χ3v) is 5.61. The Morgan fingerprint density at radius 3 is 2.82 bits per heavy atom. The number of nitrogens with one attached hydrogen (secondary N) is 1. The zero-order valence-electron chi connectivity index (χ0n) is 15.2. The number of piperazine rings is 2. The normalized spacial score (nSPS) is 20.2. The largest absolute Gasteiger partial charge is 0.307 e. The van der Waals surface area contributed by atoms with Crippen molar-refractivity contribution >= 4 is 22.6 Å². The Hall–Kier alpha value is -3.44. The van der Waals surface area contributed by atoms with E-state index >= 15 is 0 Å². The molecular formula is C20H19N7O. The molecule has 0 bridgehead atoms. The van der Waals surface area contributed by atoms with Crippen LogP contribution in [0.1, 0.15) is 0 Å². The van der Waals surface area contributed by atoms with E-state index in [9.17, 15) is 4.79 Å². The summed E-state index contributed by atoms with van der Waals surface area (Å²) in [6.45, 7) is 3.30. The van der Waals surface area contributed by atoms with Crippen molar-refractivity contribution < 1.29 is 4.79 Å². The van der Waals surface area contributed by atoms with Crippen molar-refractivity contribution in [2.24, 2.45) is 0 Å². The van der Waals surface area contributed by atoms with E-state index in [1.165, 1.54) is 0 Å². The summed E-state index contributed by atoms with van der Waals surface area (Å²) in [5, 5.41) is 17.3. The summed E-state index contributed by atoms with van der Waals surface area (Å²) in [6, 6.07) is 9.62. The number of pyridine rings is 1. The molecule has 1 amide bonds. The van der Waals surface area contributed by atoms with Gasteiger partial charge in [-0.2, -0.15) is 10.4 Å². The molecule has 5 rings (SSSR count). The number of amides is 1. The van der Waals surface area contributed by atoms with E-state index in [-0.39, 0.29) is 11.9 Å². The SMILES string of the molecule is N#CN1CCN2CCN(c3ccc(-c4cccc5[nH]ncc45)cn3)C(=O)C2C1. The van der Waals surface area contributed by atoms with Crippen LogP contribution in [0.4, 0.5) is 5.82 Å². The molecule has 1 N–H and O–H groups in total. The number of anilines is 1. The Labute approximate surface area is 162 Å². The molecule has 3 aromatic rings. The molecule has 4 heterocycles. The van der Waals surface area contributed by atoms with Gasteiger partial charge in [-0.25, -0.2) is 4.98 Å². The van der Waals surface area contributed by atoms with Crippen molar-refractivity contribution in [3.8, 4) is 17.3 Å². The fourth-order valence-corrected chi connectivity index (χ4v) is 4.08. The van der Waals surface area contributed by atoms with Gasteiger partial charge in [0.2, 0.25) is 5.91 Å².